The molecule has 8 nitrogen and oxygen atoms in total. The number of esters is 1. The van der Waals surface area contributed by atoms with Gasteiger partial charge < -0.3 is 14.2 Å². The maximum absolute atomic E-state index is 12.9. The van der Waals surface area contributed by atoms with E-state index in [-0.39, 0.29) is 18.2 Å². The van der Waals surface area contributed by atoms with Crippen LogP contribution < -0.4 is 4.74 Å². The molecule has 1 atom stereocenters. The molecule has 194 valence electrons. The minimum absolute atomic E-state index is 0.153. The molecule has 0 aromatic heterocycles. The topological polar surface area (TPSA) is 99.2 Å². The number of carbonyl (C=O) groups excluding carboxylic acids is 4. The lowest BCUT2D eigenvalue weighted by Crippen LogP contribution is -2.44. The van der Waals surface area contributed by atoms with Crippen molar-refractivity contribution in [2.45, 2.75) is 71.1 Å². The lowest BCUT2D eigenvalue weighted by Gasteiger charge is -2.27. The monoisotopic (exact) mass is 505 g/mol. The Hall–Kier alpha value is -3.68. The van der Waals surface area contributed by atoms with Crippen molar-refractivity contribution in [1.82, 2.24) is 4.90 Å². The van der Waals surface area contributed by atoms with E-state index >= 15 is 0 Å². The Kier molecular flexibility index (Phi) is 6.52. The van der Waals surface area contributed by atoms with Gasteiger partial charge in [-0.15, -0.1) is 0 Å². The third-order valence-electron chi connectivity index (χ3n) is 6.95. The van der Waals surface area contributed by atoms with E-state index in [1.807, 2.05) is 18.2 Å². The smallest absolute Gasteiger partial charge is 0.411 e. The highest BCUT2D eigenvalue weighted by Crippen LogP contribution is 2.41. The van der Waals surface area contributed by atoms with Gasteiger partial charge in [0.2, 0.25) is 0 Å². The van der Waals surface area contributed by atoms with E-state index in [4.69, 9.17) is 14.2 Å². The summed E-state index contributed by atoms with van der Waals surface area (Å²) in [4.78, 5) is 51.7. The lowest BCUT2D eigenvalue weighted by molar-refractivity contribution is -0.147. The van der Waals surface area contributed by atoms with Crippen LogP contribution in [-0.4, -0.2) is 53.3 Å². The van der Waals surface area contributed by atoms with Crippen molar-refractivity contribution >= 4 is 23.6 Å². The zero-order valence-corrected chi connectivity index (χ0v) is 21.4. The van der Waals surface area contributed by atoms with Crippen LogP contribution in [0.25, 0.3) is 11.1 Å². The van der Waals surface area contributed by atoms with Crippen molar-refractivity contribution in [2.24, 2.45) is 0 Å². The molecule has 3 aliphatic rings. The molecule has 0 N–H and O–H groups in total. The SMILES string of the molecule is CC(C)(C)OC(=O)N1CCC[C@H]1C(=O)OCC(=O)c1ccc2c(c1)COc1cc3c(cc1-2)CCCC3=O. The Morgan fingerprint density at radius 3 is 2.59 bits per heavy atom. The van der Waals surface area contributed by atoms with Crippen molar-refractivity contribution in [3.05, 3.63) is 52.6 Å². The average molecular weight is 506 g/mol. The van der Waals surface area contributed by atoms with Gasteiger partial charge in [-0.3, -0.25) is 14.5 Å². The summed E-state index contributed by atoms with van der Waals surface area (Å²) in [5.74, 6) is -0.104. The van der Waals surface area contributed by atoms with Gasteiger partial charge in [-0.1, -0.05) is 12.1 Å². The number of hydrogen-bond donors (Lipinski definition) is 0. The largest absolute Gasteiger partial charge is 0.488 e. The Morgan fingerprint density at radius 2 is 1.81 bits per heavy atom. The molecule has 0 unspecified atom stereocenters. The van der Waals surface area contributed by atoms with Gasteiger partial charge in [0.25, 0.3) is 0 Å². The van der Waals surface area contributed by atoms with Crippen molar-refractivity contribution < 1.29 is 33.4 Å². The van der Waals surface area contributed by atoms with E-state index in [0.29, 0.717) is 37.1 Å². The molecule has 2 heterocycles. The number of carbonyl (C=O) groups is 4. The number of rotatable bonds is 4. The zero-order valence-electron chi connectivity index (χ0n) is 21.4. The minimum atomic E-state index is -0.756. The molecule has 2 aliphatic heterocycles. The first-order valence-corrected chi connectivity index (χ1v) is 12.8. The predicted molar refractivity (Wildman–Crippen MR) is 135 cm³/mol. The molecule has 1 aliphatic carbocycles. The minimum Gasteiger partial charge on any atom is -0.488 e. The first kappa shape index (κ1) is 25.0. The highest BCUT2D eigenvalue weighted by atomic mass is 16.6. The van der Waals surface area contributed by atoms with Crippen molar-refractivity contribution in [1.29, 1.82) is 0 Å². The highest BCUT2D eigenvalue weighted by molar-refractivity contribution is 6.01. The second kappa shape index (κ2) is 9.65. The fraction of sp³-hybridized carbons (Fsp3) is 0.448. The third kappa shape index (κ3) is 5.10. The molecule has 1 fully saturated rings. The molecule has 0 saturated carbocycles. The Labute approximate surface area is 215 Å². The first-order chi connectivity index (χ1) is 17.6. The predicted octanol–water partition coefficient (Wildman–Crippen LogP) is 4.89. The number of aryl methyl sites for hydroxylation is 1. The summed E-state index contributed by atoms with van der Waals surface area (Å²) in [5, 5.41) is 0. The van der Waals surface area contributed by atoms with Crippen LogP contribution in [0.1, 0.15) is 78.3 Å². The second-order valence-electron chi connectivity index (χ2n) is 10.8. The van der Waals surface area contributed by atoms with E-state index in [2.05, 4.69) is 0 Å². The van der Waals surface area contributed by atoms with E-state index in [9.17, 15) is 19.2 Å². The van der Waals surface area contributed by atoms with Crippen LogP contribution in [-0.2, 0) is 27.3 Å². The summed E-state index contributed by atoms with van der Waals surface area (Å²) in [7, 11) is 0. The second-order valence-corrected chi connectivity index (χ2v) is 10.8. The molecule has 8 heteroatoms. The van der Waals surface area contributed by atoms with Gasteiger partial charge in [0.1, 0.15) is 24.0 Å². The molecular formula is C29H31NO7. The highest BCUT2D eigenvalue weighted by Gasteiger charge is 2.38. The number of hydrogen-bond acceptors (Lipinski definition) is 7. The van der Waals surface area contributed by atoms with Gasteiger partial charge in [0, 0.05) is 29.7 Å². The fourth-order valence-electron chi connectivity index (χ4n) is 5.17. The van der Waals surface area contributed by atoms with Gasteiger partial charge in [-0.25, -0.2) is 9.59 Å². The number of amides is 1. The number of Topliss-reactive ketones (excluding diaryl/α,β-unsaturated/α-hetero) is 2. The molecule has 2 aromatic carbocycles. The fourth-order valence-corrected chi connectivity index (χ4v) is 5.17. The molecule has 2 aromatic rings. The standard InChI is InChI=1S/C29H31NO7/c1-29(2,3)37-28(34)30-11-5-7-23(30)27(33)36-16-25(32)18-9-10-20-19(12-18)15-35-26-14-21-17(13-22(20)26)6-4-8-24(21)31/h9-10,12-14,23H,4-8,11,15-16H2,1-3H3/t23-/m0/s1. The summed E-state index contributed by atoms with van der Waals surface area (Å²) in [6.45, 7) is 5.58. The Bertz CT molecular complexity index is 1290. The molecule has 37 heavy (non-hydrogen) atoms. The molecule has 1 saturated heterocycles. The maximum atomic E-state index is 12.9. The molecular weight excluding hydrogens is 474 g/mol. The first-order valence-electron chi connectivity index (χ1n) is 12.8. The summed E-state index contributed by atoms with van der Waals surface area (Å²) >= 11 is 0. The van der Waals surface area contributed by atoms with Crippen LogP contribution in [0, 0.1) is 0 Å². The molecule has 0 bridgehead atoms. The van der Waals surface area contributed by atoms with Crippen molar-refractivity contribution in [3.8, 4) is 16.9 Å². The summed E-state index contributed by atoms with van der Waals surface area (Å²) < 4.78 is 16.7. The van der Waals surface area contributed by atoms with Crippen molar-refractivity contribution in [3.63, 3.8) is 0 Å². The van der Waals surface area contributed by atoms with Gasteiger partial charge in [-0.2, -0.15) is 0 Å². The van der Waals surface area contributed by atoms with Crippen LogP contribution in [0.15, 0.2) is 30.3 Å². The van der Waals surface area contributed by atoms with E-state index in [1.165, 1.54) is 4.90 Å². The number of fused-ring (bicyclic) bond motifs is 4. The van der Waals surface area contributed by atoms with E-state index in [0.717, 1.165) is 40.7 Å². The normalized spacial score (nSPS) is 18.3. The third-order valence-corrected chi connectivity index (χ3v) is 6.95. The lowest BCUT2D eigenvalue weighted by atomic mass is 9.86. The quantitative estimate of drug-likeness (QED) is 0.431. The van der Waals surface area contributed by atoms with Crippen LogP contribution >= 0.6 is 0 Å². The number of nitrogens with zero attached hydrogens (tertiary/aromatic N) is 1. The Balaban J connectivity index is 1.26. The summed E-state index contributed by atoms with van der Waals surface area (Å²) in [5.41, 5.74) is 4.27. The zero-order chi connectivity index (χ0) is 26.3. The summed E-state index contributed by atoms with van der Waals surface area (Å²) in [6.07, 6.45) is 2.85. The van der Waals surface area contributed by atoms with Gasteiger partial charge in [0.15, 0.2) is 18.2 Å². The van der Waals surface area contributed by atoms with Crippen LogP contribution in [0.5, 0.6) is 5.75 Å². The molecule has 0 radical (unpaired) electrons. The van der Waals surface area contributed by atoms with Gasteiger partial charge >= 0.3 is 12.1 Å². The Morgan fingerprint density at radius 1 is 1.00 bits per heavy atom. The van der Waals surface area contributed by atoms with E-state index in [1.54, 1.807) is 32.9 Å². The van der Waals surface area contributed by atoms with Crippen LogP contribution in [0.3, 0.4) is 0 Å². The molecule has 0 spiro atoms. The number of ketones is 2. The number of ether oxygens (including phenoxy) is 3. The maximum Gasteiger partial charge on any atom is 0.411 e. The average Bonchev–Trinajstić information content (AvgIpc) is 3.35. The van der Waals surface area contributed by atoms with Crippen LogP contribution in [0.2, 0.25) is 0 Å². The molecule has 1 amide bonds. The number of benzene rings is 2. The van der Waals surface area contributed by atoms with Gasteiger partial charge in [0.05, 0.1) is 0 Å². The van der Waals surface area contributed by atoms with Crippen LogP contribution in [0.4, 0.5) is 4.79 Å². The van der Waals surface area contributed by atoms with Crippen molar-refractivity contribution in [2.75, 3.05) is 13.2 Å². The van der Waals surface area contributed by atoms with Gasteiger partial charge in [-0.05, 0) is 81.3 Å². The molecule has 5 rings (SSSR count). The summed E-state index contributed by atoms with van der Waals surface area (Å²) in [6, 6.07) is 8.48. The number of likely N-dealkylation sites (tertiary alicyclic amines) is 1. The van der Waals surface area contributed by atoms with E-state index < -0.39 is 30.3 Å².